The smallest absolute Gasteiger partial charge is 0.194 e. The molecule has 0 bridgehead atoms. The average Bonchev–Trinajstić information content (AvgIpc) is 3.15. The van der Waals surface area contributed by atoms with Crippen LogP contribution >= 0.6 is 0 Å². The lowest BCUT2D eigenvalue weighted by molar-refractivity contribution is -0.123. The number of carbonyl (C=O) groups excluding carboxylic acids is 3. The number of phenols is 2. The summed E-state index contributed by atoms with van der Waals surface area (Å²) in [6, 6.07) is 14.3. The van der Waals surface area contributed by atoms with Crippen molar-refractivity contribution in [2.24, 2.45) is 0 Å². The lowest BCUT2D eigenvalue weighted by atomic mass is 9.70. The molecule has 0 radical (unpaired) electrons. The maximum Gasteiger partial charge on any atom is 0.194 e. The standard InChI is InChI=1S/C30H27NO6/c1-15-26(34)24(17(3)32)28-25(27(15)35)30(4)22(37-28)14-21(33)23(29(30)36)16(2)31-12-11-18-9-10-19-7-5-6-8-20(19)13-18/h5-10,13-14,31,34-35H,11-12H2,1-4H3/b23-16+/t30-/m0/s1. The van der Waals surface area contributed by atoms with Gasteiger partial charge in [0.05, 0.1) is 11.1 Å². The predicted octanol–water partition coefficient (Wildman–Crippen LogP) is 4.55. The summed E-state index contributed by atoms with van der Waals surface area (Å²) in [7, 11) is 0. The van der Waals surface area contributed by atoms with Gasteiger partial charge in [0.25, 0.3) is 0 Å². The fourth-order valence-electron chi connectivity index (χ4n) is 5.24. The molecule has 1 aliphatic carbocycles. The molecule has 37 heavy (non-hydrogen) atoms. The van der Waals surface area contributed by atoms with Gasteiger partial charge >= 0.3 is 0 Å². The van der Waals surface area contributed by atoms with E-state index in [1.165, 1.54) is 19.9 Å². The normalized spacial score (nSPS) is 19.7. The van der Waals surface area contributed by atoms with Gasteiger partial charge in [0.2, 0.25) is 0 Å². The topological polar surface area (TPSA) is 113 Å². The second kappa shape index (κ2) is 8.62. The number of fused-ring (bicyclic) bond motifs is 4. The van der Waals surface area contributed by atoms with Crippen LogP contribution in [0.3, 0.4) is 0 Å². The first-order chi connectivity index (χ1) is 17.6. The van der Waals surface area contributed by atoms with E-state index in [0.29, 0.717) is 18.7 Å². The Hall–Kier alpha value is -4.39. The van der Waals surface area contributed by atoms with Crippen LogP contribution in [0.5, 0.6) is 17.2 Å². The molecule has 0 saturated carbocycles. The van der Waals surface area contributed by atoms with Crippen LogP contribution in [0.2, 0.25) is 0 Å². The summed E-state index contributed by atoms with van der Waals surface area (Å²) < 4.78 is 5.80. The summed E-state index contributed by atoms with van der Waals surface area (Å²) in [5.41, 5.74) is 0.00593. The number of ketones is 3. The Bertz CT molecular complexity index is 1600. The van der Waals surface area contributed by atoms with Gasteiger partial charge < -0.3 is 20.3 Å². The van der Waals surface area contributed by atoms with E-state index in [4.69, 9.17) is 4.74 Å². The lowest BCUT2D eigenvalue weighted by Crippen LogP contribution is -2.41. The third-order valence-electron chi connectivity index (χ3n) is 7.38. The van der Waals surface area contributed by atoms with Crippen molar-refractivity contribution in [1.82, 2.24) is 5.32 Å². The van der Waals surface area contributed by atoms with Crippen molar-refractivity contribution >= 4 is 28.1 Å². The third kappa shape index (κ3) is 3.61. The molecule has 0 aromatic heterocycles. The monoisotopic (exact) mass is 497 g/mol. The van der Waals surface area contributed by atoms with Crippen LogP contribution in [0, 0.1) is 6.92 Å². The molecule has 0 fully saturated rings. The molecule has 0 unspecified atom stereocenters. The zero-order chi connectivity index (χ0) is 26.6. The summed E-state index contributed by atoms with van der Waals surface area (Å²) in [6.07, 6.45) is 1.91. The number of rotatable bonds is 5. The van der Waals surface area contributed by atoms with Crippen molar-refractivity contribution in [1.29, 1.82) is 0 Å². The van der Waals surface area contributed by atoms with Crippen LogP contribution in [0.4, 0.5) is 0 Å². The highest BCUT2D eigenvalue weighted by atomic mass is 16.5. The molecule has 0 saturated heterocycles. The number of carbonyl (C=O) groups is 3. The maximum atomic E-state index is 13.9. The Morgan fingerprint density at radius 3 is 2.43 bits per heavy atom. The molecule has 2 aliphatic rings. The summed E-state index contributed by atoms with van der Waals surface area (Å²) in [5.74, 6) is -2.37. The minimum Gasteiger partial charge on any atom is -0.507 e. The molecule has 1 atom stereocenters. The van der Waals surface area contributed by atoms with E-state index in [0.717, 1.165) is 16.3 Å². The van der Waals surface area contributed by atoms with E-state index in [2.05, 4.69) is 35.6 Å². The van der Waals surface area contributed by atoms with E-state index in [1.54, 1.807) is 13.8 Å². The van der Waals surface area contributed by atoms with Crippen molar-refractivity contribution in [2.75, 3.05) is 6.54 Å². The molecule has 7 nitrogen and oxygen atoms in total. The van der Waals surface area contributed by atoms with Crippen LogP contribution in [0.1, 0.15) is 47.8 Å². The molecule has 0 amide bonds. The Morgan fingerprint density at radius 1 is 1.03 bits per heavy atom. The zero-order valence-electron chi connectivity index (χ0n) is 21.1. The molecule has 1 aliphatic heterocycles. The van der Waals surface area contributed by atoms with Gasteiger partial charge in [-0.3, -0.25) is 14.4 Å². The average molecular weight is 498 g/mol. The van der Waals surface area contributed by atoms with E-state index in [9.17, 15) is 24.6 Å². The van der Waals surface area contributed by atoms with Gasteiger partial charge in [-0.15, -0.1) is 0 Å². The molecular weight excluding hydrogens is 470 g/mol. The van der Waals surface area contributed by atoms with Crippen molar-refractivity contribution in [2.45, 2.75) is 39.5 Å². The van der Waals surface area contributed by atoms with E-state index < -0.39 is 28.5 Å². The number of allylic oxidation sites excluding steroid dienone is 4. The number of benzene rings is 3. The summed E-state index contributed by atoms with van der Waals surface area (Å²) in [4.78, 5) is 39.2. The first-order valence-corrected chi connectivity index (χ1v) is 12.1. The summed E-state index contributed by atoms with van der Waals surface area (Å²) in [5, 5.41) is 26.9. The first-order valence-electron chi connectivity index (χ1n) is 12.1. The second-order valence-corrected chi connectivity index (χ2v) is 9.74. The number of Topliss-reactive ketones (excluding diaryl/α,β-unsaturated/α-hetero) is 2. The van der Waals surface area contributed by atoms with Gasteiger partial charge in [0.15, 0.2) is 17.3 Å². The Balaban J connectivity index is 1.48. The van der Waals surface area contributed by atoms with Crippen LogP contribution < -0.4 is 10.1 Å². The molecule has 3 aromatic carbocycles. The van der Waals surface area contributed by atoms with E-state index in [-0.39, 0.29) is 39.5 Å². The van der Waals surface area contributed by atoms with Crippen molar-refractivity contribution in [3.05, 3.63) is 87.8 Å². The fraction of sp³-hybridized carbons (Fsp3) is 0.233. The van der Waals surface area contributed by atoms with Crippen molar-refractivity contribution in [3.8, 4) is 17.2 Å². The summed E-state index contributed by atoms with van der Waals surface area (Å²) >= 11 is 0. The second-order valence-electron chi connectivity index (χ2n) is 9.74. The van der Waals surface area contributed by atoms with Gasteiger partial charge in [-0.05, 0) is 50.5 Å². The van der Waals surface area contributed by atoms with Crippen molar-refractivity contribution < 1.29 is 29.3 Å². The Labute approximate surface area is 214 Å². The minimum absolute atomic E-state index is 0.0213. The number of hydrogen-bond donors (Lipinski definition) is 3. The van der Waals surface area contributed by atoms with Crippen LogP contribution in [0.15, 0.2) is 65.6 Å². The van der Waals surface area contributed by atoms with E-state index in [1.807, 2.05) is 12.1 Å². The highest BCUT2D eigenvalue weighted by Gasteiger charge is 2.56. The minimum atomic E-state index is -1.52. The molecule has 1 heterocycles. The van der Waals surface area contributed by atoms with Gasteiger partial charge in [-0.25, -0.2) is 0 Å². The molecule has 7 heteroatoms. The largest absolute Gasteiger partial charge is 0.507 e. The highest BCUT2D eigenvalue weighted by Crippen LogP contribution is 2.57. The van der Waals surface area contributed by atoms with Crippen LogP contribution in [-0.4, -0.2) is 34.1 Å². The summed E-state index contributed by atoms with van der Waals surface area (Å²) in [6.45, 7) is 6.45. The molecule has 0 spiro atoms. The number of hydrogen-bond acceptors (Lipinski definition) is 7. The first kappa shape index (κ1) is 24.3. The zero-order valence-corrected chi connectivity index (χ0v) is 21.1. The molecular formula is C30H27NO6. The Morgan fingerprint density at radius 2 is 1.73 bits per heavy atom. The molecule has 3 aromatic rings. The number of ether oxygens (including phenoxy) is 1. The molecule has 5 rings (SSSR count). The maximum absolute atomic E-state index is 13.9. The predicted molar refractivity (Wildman–Crippen MR) is 139 cm³/mol. The van der Waals surface area contributed by atoms with Gasteiger partial charge in [-0.2, -0.15) is 0 Å². The van der Waals surface area contributed by atoms with Crippen molar-refractivity contribution in [3.63, 3.8) is 0 Å². The number of phenolic OH excluding ortho intramolecular Hbond substituents is 2. The number of nitrogens with one attached hydrogen (secondary N) is 1. The lowest BCUT2D eigenvalue weighted by Gasteiger charge is -2.29. The highest BCUT2D eigenvalue weighted by molar-refractivity contribution is 6.31. The van der Waals surface area contributed by atoms with Gasteiger partial charge in [0.1, 0.15) is 34.0 Å². The van der Waals surface area contributed by atoms with Crippen LogP contribution in [-0.2, 0) is 21.4 Å². The fourth-order valence-corrected chi connectivity index (χ4v) is 5.24. The van der Waals surface area contributed by atoms with Gasteiger partial charge in [-0.1, -0.05) is 42.5 Å². The molecule has 3 N–H and O–H groups in total. The van der Waals surface area contributed by atoms with Gasteiger partial charge in [0, 0.05) is 23.9 Å². The van der Waals surface area contributed by atoms with E-state index >= 15 is 0 Å². The SMILES string of the molecule is CC(=O)c1c(O)c(C)c(O)c2c1OC1=CC(=O)/C(=C(/C)NCCc3ccc4ccccc4c3)C(=O)[C@@]12C. The number of aromatic hydroxyl groups is 2. The quantitative estimate of drug-likeness (QED) is 0.269. The van der Waals surface area contributed by atoms with Crippen LogP contribution in [0.25, 0.3) is 10.8 Å². The third-order valence-corrected chi connectivity index (χ3v) is 7.38. The Kier molecular flexibility index (Phi) is 5.67. The molecule has 188 valence electrons.